The van der Waals surface area contributed by atoms with Crippen LogP contribution in [-0.4, -0.2) is 26.1 Å². The van der Waals surface area contributed by atoms with Gasteiger partial charge >= 0.3 is 6.61 Å². The van der Waals surface area contributed by atoms with Gasteiger partial charge in [0.1, 0.15) is 12.3 Å². The monoisotopic (exact) mass is 349 g/mol. The third-order valence-corrected chi connectivity index (χ3v) is 3.86. The lowest BCUT2D eigenvalue weighted by Crippen LogP contribution is -3.08. The summed E-state index contributed by atoms with van der Waals surface area (Å²) in [6.07, 6.45) is 0. The summed E-state index contributed by atoms with van der Waals surface area (Å²) in [6, 6.07) is 12.3. The van der Waals surface area contributed by atoms with Crippen molar-refractivity contribution < 1.29 is 23.2 Å². The molecule has 0 heterocycles. The van der Waals surface area contributed by atoms with E-state index in [1.807, 2.05) is 39.1 Å². The van der Waals surface area contributed by atoms with Gasteiger partial charge in [-0.05, 0) is 49.2 Å². The van der Waals surface area contributed by atoms with E-state index in [9.17, 15) is 13.6 Å². The van der Waals surface area contributed by atoms with Crippen molar-refractivity contribution in [2.75, 3.05) is 18.9 Å². The normalized spacial score (nSPS) is 12.1. The summed E-state index contributed by atoms with van der Waals surface area (Å²) in [5, 5.41) is 2.96. The number of carbonyl (C=O) groups excluding carboxylic acids is 1. The second-order valence-corrected chi connectivity index (χ2v) is 6.15. The number of likely N-dealkylation sites (N-methyl/N-ethyl adjacent to an activating group) is 1. The Morgan fingerprint density at radius 2 is 1.72 bits per heavy atom. The van der Waals surface area contributed by atoms with Crippen molar-refractivity contribution in [1.82, 2.24) is 0 Å². The highest BCUT2D eigenvalue weighted by atomic mass is 19.3. The van der Waals surface area contributed by atoms with Gasteiger partial charge in [0.25, 0.3) is 5.91 Å². The minimum Gasteiger partial charge on any atom is -0.435 e. The van der Waals surface area contributed by atoms with Gasteiger partial charge in [0, 0.05) is 11.3 Å². The summed E-state index contributed by atoms with van der Waals surface area (Å²) in [7, 11) is 1.91. The number of carbonyl (C=O) groups is 1. The second-order valence-electron chi connectivity index (χ2n) is 6.15. The molecule has 2 rings (SSSR count). The maximum atomic E-state index is 12.3. The van der Waals surface area contributed by atoms with E-state index < -0.39 is 6.61 Å². The number of hydrogen-bond acceptors (Lipinski definition) is 2. The van der Waals surface area contributed by atoms with E-state index in [-0.39, 0.29) is 11.7 Å². The number of quaternary nitrogens is 1. The lowest BCUT2D eigenvalue weighted by Gasteiger charge is -2.16. The zero-order chi connectivity index (χ0) is 18.4. The summed E-state index contributed by atoms with van der Waals surface area (Å²) in [5.74, 6) is 0.0664. The van der Waals surface area contributed by atoms with Crippen LogP contribution in [0.4, 0.5) is 14.5 Å². The molecular weight excluding hydrogens is 326 g/mol. The maximum Gasteiger partial charge on any atom is 0.387 e. The molecule has 1 atom stereocenters. The van der Waals surface area contributed by atoms with Gasteiger partial charge in [-0.3, -0.25) is 4.79 Å². The van der Waals surface area contributed by atoms with Crippen LogP contribution in [-0.2, 0) is 11.3 Å². The molecule has 0 saturated carbocycles. The Kier molecular flexibility index (Phi) is 6.47. The van der Waals surface area contributed by atoms with E-state index in [1.165, 1.54) is 12.1 Å². The van der Waals surface area contributed by atoms with Crippen molar-refractivity contribution >= 4 is 11.6 Å². The van der Waals surface area contributed by atoms with E-state index in [2.05, 4.69) is 10.1 Å². The predicted octanol–water partition coefficient (Wildman–Crippen LogP) is 2.56. The number of para-hydroxylation sites is 1. The molecule has 0 aliphatic rings. The Hall–Kier alpha value is -2.47. The van der Waals surface area contributed by atoms with Gasteiger partial charge in [0.2, 0.25) is 0 Å². The highest BCUT2D eigenvalue weighted by Crippen LogP contribution is 2.19. The molecule has 2 N–H and O–H groups in total. The molecule has 134 valence electrons. The second kappa shape index (κ2) is 8.58. The van der Waals surface area contributed by atoms with E-state index in [1.54, 1.807) is 12.1 Å². The van der Waals surface area contributed by atoms with Gasteiger partial charge in [-0.25, -0.2) is 0 Å². The van der Waals surface area contributed by atoms with Crippen molar-refractivity contribution in [3.8, 4) is 5.75 Å². The van der Waals surface area contributed by atoms with Gasteiger partial charge in [0.15, 0.2) is 6.54 Å². The number of anilines is 1. The number of aryl methyl sites for hydroxylation is 2. The first-order valence-electron chi connectivity index (χ1n) is 8.06. The zero-order valence-corrected chi connectivity index (χ0v) is 14.6. The van der Waals surface area contributed by atoms with Gasteiger partial charge < -0.3 is 15.0 Å². The molecule has 0 radical (unpaired) electrons. The van der Waals surface area contributed by atoms with Crippen molar-refractivity contribution in [3.63, 3.8) is 0 Å². The van der Waals surface area contributed by atoms with Crippen LogP contribution < -0.4 is 15.0 Å². The van der Waals surface area contributed by atoms with Crippen LogP contribution in [0.25, 0.3) is 0 Å². The third kappa shape index (κ3) is 5.83. The lowest BCUT2D eigenvalue weighted by atomic mass is 10.1. The minimum atomic E-state index is -2.83. The Bertz CT molecular complexity index is 698. The molecule has 1 amide bonds. The average Bonchev–Trinajstić information content (AvgIpc) is 2.52. The highest BCUT2D eigenvalue weighted by molar-refractivity contribution is 5.93. The van der Waals surface area contributed by atoms with Gasteiger partial charge in [-0.1, -0.05) is 18.2 Å². The summed E-state index contributed by atoms with van der Waals surface area (Å²) < 4.78 is 28.6. The summed E-state index contributed by atoms with van der Waals surface area (Å²) in [6.45, 7) is 2.01. The minimum absolute atomic E-state index is 0.0625. The fourth-order valence-corrected chi connectivity index (χ4v) is 2.67. The molecule has 0 aliphatic carbocycles. The van der Waals surface area contributed by atoms with E-state index >= 15 is 0 Å². The SMILES string of the molecule is Cc1cccc(C)c1NC(=O)C[NH+](C)Cc1ccc(OC(F)F)cc1. The van der Waals surface area contributed by atoms with E-state index in [0.717, 1.165) is 27.3 Å². The number of rotatable bonds is 7. The number of alkyl halides is 2. The fourth-order valence-electron chi connectivity index (χ4n) is 2.67. The molecule has 0 saturated heterocycles. The quantitative estimate of drug-likeness (QED) is 0.807. The molecule has 0 bridgehead atoms. The number of amides is 1. The van der Waals surface area contributed by atoms with Crippen molar-refractivity contribution in [2.45, 2.75) is 27.0 Å². The molecule has 2 aromatic rings. The molecule has 0 aromatic heterocycles. The first-order chi connectivity index (χ1) is 11.8. The molecule has 0 spiro atoms. The van der Waals surface area contributed by atoms with Crippen molar-refractivity contribution in [3.05, 3.63) is 59.2 Å². The smallest absolute Gasteiger partial charge is 0.387 e. The van der Waals surface area contributed by atoms with Gasteiger partial charge in [0.05, 0.1) is 7.05 Å². The number of nitrogens with one attached hydrogen (secondary N) is 2. The Labute approximate surface area is 146 Å². The summed E-state index contributed by atoms with van der Waals surface area (Å²) in [5.41, 5.74) is 3.86. The van der Waals surface area contributed by atoms with Crippen LogP contribution in [0, 0.1) is 13.8 Å². The molecule has 0 aliphatic heterocycles. The zero-order valence-electron chi connectivity index (χ0n) is 14.6. The Balaban J connectivity index is 1.89. The topological polar surface area (TPSA) is 42.8 Å². The third-order valence-electron chi connectivity index (χ3n) is 3.86. The fraction of sp³-hybridized carbons (Fsp3) is 0.316. The molecule has 25 heavy (non-hydrogen) atoms. The number of ether oxygens (including phenoxy) is 1. The predicted molar refractivity (Wildman–Crippen MR) is 93.1 cm³/mol. The van der Waals surface area contributed by atoms with E-state index in [4.69, 9.17) is 0 Å². The van der Waals surface area contributed by atoms with Crippen LogP contribution >= 0.6 is 0 Å². The molecule has 0 fully saturated rings. The number of hydrogen-bond donors (Lipinski definition) is 2. The lowest BCUT2D eigenvalue weighted by molar-refractivity contribution is -0.885. The largest absolute Gasteiger partial charge is 0.435 e. The number of halogens is 2. The van der Waals surface area contributed by atoms with Crippen molar-refractivity contribution in [2.24, 2.45) is 0 Å². The van der Waals surface area contributed by atoms with Crippen LogP contribution in [0.1, 0.15) is 16.7 Å². The highest BCUT2D eigenvalue weighted by Gasteiger charge is 2.13. The van der Waals surface area contributed by atoms with Crippen LogP contribution in [0.5, 0.6) is 5.75 Å². The number of benzene rings is 2. The van der Waals surface area contributed by atoms with Crippen LogP contribution in [0.2, 0.25) is 0 Å². The molecule has 4 nitrogen and oxygen atoms in total. The Morgan fingerprint density at radius 1 is 1.12 bits per heavy atom. The average molecular weight is 349 g/mol. The first-order valence-corrected chi connectivity index (χ1v) is 8.06. The molecule has 6 heteroatoms. The Morgan fingerprint density at radius 3 is 2.28 bits per heavy atom. The summed E-state index contributed by atoms with van der Waals surface area (Å²) in [4.78, 5) is 13.2. The van der Waals surface area contributed by atoms with Crippen LogP contribution in [0.15, 0.2) is 42.5 Å². The first kappa shape index (κ1) is 18.9. The van der Waals surface area contributed by atoms with Crippen LogP contribution in [0.3, 0.4) is 0 Å². The summed E-state index contributed by atoms with van der Waals surface area (Å²) >= 11 is 0. The van der Waals surface area contributed by atoms with Crippen molar-refractivity contribution in [1.29, 1.82) is 0 Å². The van der Waals surface area contributed by atoms with Gasteiger partial charge in [-0.15, -0.1) is 0 Å². The maximum absolute atomic E-state index is 12.3. The molecule has 2 aromatic carbocycles. The van der Waals surface area contributed by atoms with E-state index in [0.29, 0.717) is 13.1 Å². The molecule has 1 unspecified atom stereocenters. The van der Waals surface area contributed by atoms with Gasteiger partial charge in [-0.2, -0.15) is 8.78 Å². The molecular formula is C19H23F2N2O2+. The standard InChI is InChI=1S/C19H22F2N2O2/c1-13-5-4-6-14(2)18(13)22-17(24)12-23(3)11-15-7-9-16(10-8-15)25-19(20)21/h4-10,19H,11-12H2,1-3H3,(H,22,24)/p+1.